The molecule has 0 aromatic heterocycles. The molecule has 0 heterocycles. The molecular formula is C10H11N3O6. The van der Waals surface area contributed by atoms with E-state index in [9.17, 15) is 19.7 Å². The van der Waals surface area contributed by atoms with Gasteiger partial charge >= 0.3 is 12.0 Å². The number of hydroxylamine groups is 1. The van der Waals surface area contributed by atoms with Crippen LogP contribution in [0.1, 0.15) is 5.56 Å². The smallest absolute Gasteiger partial charge is 0.343 e. The number of benzene rings is 1. The van der Waals surface area contributed by atoms with Crippen molar-refractivity contribution in [1.82, 2.24) is 5.48 Å². The van der Waals surface area contributed by atoms with Crippen molar-refractivity contribution in [2.45, 2.75) is 6.92 Å². The van der Waals surface area contributed by atoms with Crippen molar-refractivity contribution in [2.24, 2.45) is 0 Å². The Morgan fingerprint density at radius 2 is 2.16 bits per heavy atom. The van der Waals surface area contributed by atoms with Crippen molar-refractivity contribution in [3.63, 3.8) is 0 Å². The van der Waals surface area contributed by atoms with Crippen molar-refractivity contribution in [3.8, 4) is 0 Å². The second-order valence-electron chi connectivity index (χ2n) is 3.49. The molecule has 0 radical (unpaired) electrons. The number of amides is 2. The number of non-ortho nitro benzene ring substituents is 1. The highest BCUT2D eigenvalue weighted by Gasteiger charge is 2.10. The lowest BCUT2D eigenvalue weighted by molar-refractivity contribution is -0.384. The number of nitro groups is 1. The number of carboxylic acids is 1. The first-order valence-electron chi connectivity index (χ1n) is 5.05. The minimum absolute atomic E-state index is 0.0921. The number of aliphatic carboxylic acids is 1. The van der Waals surface area contributed by atoms with Gasteiger partial charge in [0.2, 0.25) is 0 Å². The zero-order valence-electron chi connectivity index (χ0n) is 9.87. The predicted octanol–water partition coefficient (Wildman–Crippen LogP) is 1.04. The van der Waals surface area contributed by atoms with Crippen molar-refractivity contribution in [1.29, 1.82) is 0 Å². The normalized spacial score (nSPS) is 9.74. The molecule has 102 valence electrons. The summed E-state index contributed by atoms with van der Waals surface area (Å²) < 4.78 is 0. The molecule has 19 heavy (non-hydrogen) atoms. The van der Waals surface area contributed by atoms with Gasteiger partial charge in [0.1, 0.15) is 0 Å². The van der Waals surface area contributed by atoms with E-state index in [0.717, 1.165) is 0 Å². The Balaban J connectivity index is 2.59. The number of carbonyl (C=O) groups excluding carboxylic acids is 1. The molecule has 0 aliphatic heterocycles. The number of nitro benzene ring substituents is 1. The van der Waals surface area contributed by atoms with Gasteiger partial charge in [-0.15, -0.1) is 0 Å². The van der Waals surface area contributed by atoms with E-state index in [1.807, 2.05) is 5.48 Å². The van der Waals surface area contributed by atoms with Crippen LogP contribution in [0.5, 0.6) is 0 Å². The van der Waals surface area contributed by atoms with Crippen LogP contribution in [0.15, 0.2) is 18.2 Å². The molecule has 0 saturated carbocycles. The molecule has 9 heteroatoms. The van der Waals surface area contributed by atoms with E-state index in [1.54, 1.807) is 6.92 Å². The third-order valence-electron chi connectivity index (χ3n) is 2.03. The van der Waals surface area contributed by atoms with E-state index < -0.39 is 23.5 Å². The summed E-state index contributed by atoms with van der Waals surface area (Å²) in [7, 11) is 0. The third-order valence-corrected chi connectivity index (χ3v) is 2.03. The molecule has 0 unspecified atom stereocenters. The number of carboxylic acid groups (broad SMARTS) is 1. The summed E-state index contributed by atoms with van der Waals surface area (Å²) >= 11 is 0. The van der Waals surface area contributed by atoms with E-state index in [4.69, 9.17) is 5.11 Å². The average Bonchev–Trinajstić information content (AvgIpc) is 2.31. The molecule has 0 aliphatic rings. The van der Waals surface area contributed by atoms with Crippen LogP contribution in [0.3, 0.4) is 0 Å². The van der Waals surface area contributed by atoms with E-state index in [0.29, 0.717) is 11.3 Å². The third kappa shape index (κ3) is 4.60. The fraction of sp³-hybridized carbons (Fsp3) is 0.200. The van der Waals surface area contributed by atoms with Gasteiger partial charge in [-0.25, -0.2) is 15.1 Å². The Morgan fingerprint density at radius 3 is 2.68 bits per heavy atom. The monoisotopic (exact) mass is 269 g/mol. The second kappa shape index (κ2) is 6.31. The lowest BCUT2D eigenvalue weighted by Gasteiger charge is -2.08. The van der Waals surface area contributed by atoms with Crippen molar-refractivity contribution >= 4 is 23.4 Å². The highest BCUT2D eigenvalue weighted by molar-refractivity contribution is 5.89. The molecule has 1 aromatic carbocycles. The SMILES string of the molecule is Cc1cc([N+](=O)[O-])ccc1NC(=O)NOCC(=O)O. The van der Waals surface area contributed by atoms with Crippen LogP contribution in [0.2, 0.25) is 0 Å². The lowest BCUT2D eigenvalue weighted by atomic mass is 10.2. The Bertz CT molecular complexity index is 516. The number of rotatable bonds is 5. The van der Waals surface area contributed by atoms with Gasteiger partial charge in [0, 0.05) is 17.8 Å². The summed E-state index contributed by atoms with van der Waals surface area (Å²) in [5.41, 5.74) is 2.61. The van der Waals surface area contributed by atoms with Crippen molar-refractivity contribution in [3.05, 3.63) is 33.9 Å². The molecule has 1 aromatic rings. The number of carbonyl (C=O) groups is 2. The fourth-order valence-electron chi connectivity index (χ4n) is 1.21. The van der Waals surface area contributed by atoms with Gasteiger partial charge in [0.05, 0.1) is 4.92 Å². The molecule has 9 nitrogen and oxygen atoms in total. The Labute approximate surface area is 107 Å². The molecule has 0 saturated heterocycles. The number of hydrogen-bond acceptors (Lipinski definition) is 5. The summed E-state index contributed by atoms with van der Waals surface area (Å²) in [5.74, 6) is -1.23. The zero-order chi connectivity index (χ0) is 14.4. The number of hydrogen-bond donors (Lipinski definition) is 3. The number of aryl methyl sites for hydroxylation is 1. The number of nitrogens with zero attached hydrogens (tertiary/aromatic N) is 1. The topological polar surface area (TPSA) is 131 Å². The van der Waals surface area contributed by atoms with Crippen LogP contribution in [-0.2, 0) is 9.63 Å². The summed E-state index contributed by atoms with van der Waals surface area (Å²) in [4.78, 5) is 35.8. The summed E-state index contributed by atoms with van der Waals surface area (Å²) in [6, 6.07) is 3.12. The highest BCUT2D eigenvalue weighted by atomic mass is 16.7. The number of urea groups is 1. The van der Waals surface area contributed by atoms with Gasteiger partial charge in [-0.1, -0.05) is 0 Å². The Morgan fingerprint density at radius 1 is 1.47 bits per heavy atom. The minimum Gasteiger partial charge on any atom is -0.479 e. The molecule has 0 spiro atoms. The predicted molar refractivity (Wildman–Crippen MR) is 63.6 cm³/mol. The van der Waals surface area contributed by atoms with Gasteiger partial charge in [-0.3, -0.25) is 15.0 Å². The van der Waals surface area contributed by atoms with Crippen LogP contribution in [0.25, 0.3) is 0 Å². The van der Waals surface area contributed by atoms with Gasteiger partial charge in [-0.05, 0) is 18.6 Å². The molecule has 0 aliphatic carbocycles. The summed E-state index contributed by atoms with van der Waals surface area (Å²) in [5, 5.41) is 21.2. The van der Waals surface area contributed by atoms with Gasteiger partial charge < -0.3 is 10.4 Å². The van der Waals surface area contributed by atoms with Gasteiger partial charge in [-0.2, -0.15) is 0 Å². The van der Waals surface area contributed by atoms with E-state index in [2.05, 4.69) is 10.2 Å². The maximum Gasteiger partial charge on any atom is 0.343 e. The van der Waals surface area contributed by atoms with Crippen LogP contribution in [0.4, 0.5) is 16.2 Å². The van der Waals surface area contributed by atoms with Gasteiger partial charge in [0.15, 0.2) is 6.61 Å². The van der Waals surface area contributed by atoms with Crippen molar-refractivity contribution < 1.29 is 24.5 Å². The first-order chi connectivity index (χ1) is 8.90. The molecular weight excluding hydrogens is 258 g/mol. The van der Waals surface area contributed by atoms with E-state index in [-0.39, 0.29) is 5.69 Å². The maximum atomic E-state index is 11.3. The first-order valence-corrected chi connectivity index (χ1v) is 5.05. The lowest BCUT2D eigenvalue weighted by Crippen LogP contribution is -2.31. The molecule has 3 N–H and O–H groups in total. The van der Waals surface area contributed by atoms with E-state index >= 15 is 0 Å². The minimum atomic E-state index is -1.23. The molecule has 1 rings (SSSR count). The number of nitrogens with one attached hydrogen (secondary N) is 2. The van der Waals surface area contributed by atoms with Crippen LogP contribution in [0, 0.1) is 17.0 Å². The van der Waals surface area contributed by atoms with Crippen LogP contribution in [-0.4, -0.2) is 28.6 Å². The molecule has 0 atom stereocenters. The van der Waals surface area contributed by atoms with E-state index in [1.165, 1.54) is 18.2 Å². The highest BCUT2D eigenvalue weighted by Crippen LogP contribution is 2.20. The standard InChI is InChI=1S/C10H11N3O6/c1-6-4-7(13(17)18)2-3-8(6)11-10(16)12-19-5-9(14)15/h2-4H,5H2,1H3,(H,14,15)(H2,11,12,16). The number of anilines is 1. The summed E-state index contributed by atoms with van der Waals surface area (Å²) in [6.07, 6.45) is 0. The molecule has 0 fully saturated rings. The quantitative estimate of drug-likeness (QED) is 0.540. The van der Waals surface area contributed by atoms with Crippen molar-refractivity contribution in [2.75, 3.05) is 11.9 Å². The molecule has 0 bridgehead atoms. The Hall–Kier alpha value is -2.68. The van der Waals surface area contributed by atoms with Crippen LogP contribution < -0.4 is 10.8 Å². The fourth-order valence-corrected chi connectivity index (χ4v) is 1.21. The zero-order valence-corrected chi connectivity index (χ0v) is 9.87. The molecule has 2 amide bonds. The Kier molecular flexibility index (Phi) is 4.77. The van der Waals surface area contributed by atoms with Gasteiger partial charge in [0.25, 0.3) is 5.69 Å². The average molecular weight is 269 g/mol. The van der Waals surface area contributed by atoms with Crippen LogP contribution >= 0.6 is 0 Å². The maximum absolute atomic E-state index is 11.3. The summed E-state index contributed by atoms with van der Waals surface area (Å²) in [6.45, 7) is 0.910. The first kappa shape index (κ1) is 14.4. The second-order valence-corrected chi connectivity index (χ2v) is 3.49. The largest absolute Gasteiger partial charge is 0.479 e.